The molecule has 0 aromatic heterocycles. The minimum Gasteiger partial charge on any atom is -0.497 e. The lowest BCUT2D eigenvalue weighted by Crippen LogP contribution is -2.52. The van der Waals surface area contributed by atoms with Crippen molar-refractivity contribution in [2.45, 2.75) is 38.6 Å². The van der Waals surface area contributed by atoms with Gasteiger partial charge >= 0.3 is 5.97 Å². The van der Waals surface area contributed by atoms with Gasteiger partial charge in [-0.15, -0.1) is 0 Å². The van der Waals surface area contributed by atoms with Crippen molar-refractivity contribution in [3.8, 4) is 5.75 Å². The molecule has 1 aromatic rings. The third-order valence-electron chi connectivity index (χ3n) is 3.88. The summed E-state index contributed by atoms with van der Waals surface area (Å²) in [6.07, 6.45) is 2.73. The largest absolute Gasteiger partial charge is 0.497 e. The summed E-state index contributed by atoms with van der Waals surface area (Å²) in [6.45, 7) is 4.96. The second-order valence-electron chi connectivity index (χ2n) is 5.03. The predicted octanol–water partition coefficient (Wildman–Crippen LogP) is 2.40. The number of carbonyl (C=O) groups is 1. The number of hydrogen-bond acceptors (Lipinski definition) is 4. The summed E-state index contributed by atoms with van der Waals surface area (Å²) in [6, 6.07) is 5.97. The van der Waals surface area contributed by atoms with Gasteiger partial charge in [0, 0.05) is 0 Å². The molecule has 0 spiro atoms. The van der Waals surface area contributed by atoms with Gasteiger partial charge in [0.2, 0.25) is 0 Å². The van der Waals surface area contributed by atoms with Crippen LogP contribution in [-0.2, 0) is 21.5 Å². The van der Waals surface area contributed by atoms with E-state index in [1.165, 1.54) is 5.56 Å². The Bertz CT molecular complexity index is 487. The third-order valence-corrected chi connectivity index (χ3v) is 3.88. The van der Waals surface area contributed by atoms with Crippen molar-refractivity contribution in [3.05, 3.63) is 29.3 Å². The van der Waals surface area contributed by atoms with Crippen molar-refractivity contribution in [1.29, 1.82) is 0 Å². The molecule has 1 aliphatic rings. The molecule has 0 heterocycles. The van der Waals surface area contributed by atoms with Gasteiger partial charge in [-0.25, -0.2) is 4.79 Å². The maximum Gasteiger partial charge on any atom is 0.331 e. The maximum absolute atomic E-state index is 12.5. The lowest BCUT2D eigenvalue weighted by Gasteiger charge is -2.37. The van der Waals surface area contributed by atoms with E-state index < -0.39 is 5.54 Å². The molecule has 4 nitrogen and oxygen atoms in total. The SMILES string of the molecule is CCNC1(C(=O)OCC)CCCc2ccc(OC)cc21. The Morgan fingerprint density at radius 3 is 2.85 bits per heavy atom. The van der Waals surface area contributed by atoms with E-state index >= 15 is 0 Å². The van der Waals surface area contributed by atoms with Crippen LogP contribution in [0.15, 0.2) is 18.2 Å². The van der Waals surface area contributed by atoms with Crippen LogP contribution in [-0.4, -0.2) is 26.2 Å². The minimum absolute atomic E-state index is 0.184. The molecule has 0 radical (unpaired) electrons. The Hall–Kier alpha value is -1.55. The molecule has 0 aliphatic heterocycles. The molecule has 1 atom stereocenters. The average molecular weight is 277 g/mol. The molecular weight excluding hydrogens is 254 g/mol. The molecule has 0 fully saturated rings. The summed E-state index contributed by atoms with van der Waals surface area (Å²) in [5, 5.41) is 3.36. The van der Waals surface area contributed by atoms with Gasteiger partial charge in [0.15, 0.2) is 0 Å². The van der Waals surface area contributed by atoms with Gasteiger partial charge in [0.1, 0.15) is 11.3 Å². The molecule has 4 heteroatoms. The Morgan fingerprint density at radius 1 is 1.40 bits per heavy atom. The molecule has 20 heavy (non-hydrogen) atoms. The molecule has 110 valence electrons. The number of fused-ring (bicyclic) bond motifs is 1. The molecule has 0 amide bonds. The van der Waals surface area contributed by atoms with Crippen molar-refractivity contribution in [1.82, 2.24) is 5.32 Å². The molecule has 1 aromatic carbocycles. The molecule has 1 unspecified atom stereocenters. The standard InChI is InChI=1S/C16H23NO3/c1-4-17-16(15(18)20-5-2)10-6-7-12-8-9-13(19-3)11-14(12)16/h8-9,11,17H,4-7,10H2,1-3H3. The minimum atomic E-state index is -0.729. The van der Waals surface area contributed by atoms with E-state index in [1.54, 1.807) is 7.11 Å². The summed E-state index contributed by atoms with van der Waals surface area (Å²) in [5.41, 5.74) is 1.47. The second-order valence-corrected chi connectivity index (χ2v) is 5.03. The first-order valence-corrected chi connectivity index (χ1v) is 7.27. The second kappa shape index (κ2) is 6.27. The highest BCUT2D eigenvalue weighted by atomic mass is 16.5. The van der Waals surface area contributed by atoms with Crippen LogP contribution in [0.3, 0.4) is 0 Å². The summed E-state index contributed by atoms with van der Waals surface area (Å²) < 4.78 is 10.6. The molecule has 1 aliphatic carbocycles. The van der Waals surface area contributed by atoms with Crippen LogP contribution in [0.25, 0.3) is 0 Å². The van der Waals surface area contributed by atoms with E-state index in [1.807, 2.05) is 26.0 Å². The fourth-order valence-electron chi connectivity index (χ4n) is 3.00. The van der Waals surface area contributed by atoms with Gasteiger partial charge in [0.25, 0.3) is 0 Å². The Kier molecular flexibility index (Phi) is 4.65. The van der Waals surface area contributed by atoms with Crippen molar-refractivity contribution in [3.63, 3.8) is 0 Å². The van der Waals surface area contributed by atoms with Crippen LogP contribution in [0.4, 0.5) is 0 Å². The number of aryl methyl sites for hydroxylation is 1. The number of likely N-dealkylation sites (N-methyl/N-ethyl adjacent to an activating group) is 1. The Morgan fingerprint density at radius 2 is 2.20 bits per heavy atom. The average Bonchev–Trinajstić information content (AvgIpc) is 2.47. The van der Waals surface area contributed by atoms with E-state index in [9.17, 15) is 4.79 Å². The van der Waals surface area contributed by atoms with E-state index in [2.05, 4.69) is 11.4 Å². The van der Waals surface area contributed by atoms with E-state index in [-0.39, 0.29) is 5.97 Å². The number of methoxy groups -OCH3 is 1. The van der Waals surface area contributed by atoms with Crippen molar-refractivity contribution in [2.75, 3.05) is 20.3 Å². The number of hydrogen-bond donors (Lipinski definition) is 1. The number of carbonyl (C=O) groups excluding carboxylic acids is 1. The number of nitrogens with one attached hydrogen (secondary N) is 1. The zero-order valence-electron chi connectivity index (χ0n) is 12.5. The summed E-state index contributed by atoms with van der Waals surface area (Å²) in [7, 11) is 1.64. The first-order chi connectivity index (χ1) is 9.67. The van der Waals surface area contributed by atoms with Crippen molar-refractivity contribution >= 4 is 5.97 Å². The predicted molar refractivity (Wildman–Crippen MR) is 77.9 cm³/mol. The molecule has 0 saturated carbocycles. The quantitative estimate of drug-likeness (QED) is 0.840. The Labute approximate surface area is 120 Å². The highest BCUT2D eigenvalue weighted by Crippen LogP contribution is 2.38. The van der Waals surface area contributed by atoms with Gasteiger partial charge in [-0.2, -0.15) is 0 Å². The fraction of sp³-hybridized carbons (Fsp3) is 0.562. The van der Waals surface area contributed by atoms with E-state index in [0.29, 0.717) is 6.61 Å². The summed E-state index contributed by atoms with van der Waals surface area (Å²) in [4.78, 5) is 12.5. The van der Waals surface area contributed by atoms with Gasteiger partial charge in [-0.1, -0.05) is 13.0 Å². The van der Waals surface area contributed by atoms with Crippen molar-refractivity contribution < 1.29 is 14.3 Å². The zero-order valence-corrected chi connectivity index (χ0v) is 12.5. The lowest BCUT2D eigenvalue weighted by atomic mass is 9.76. The zero-order chi connectivity index (χ0) is 14.6. The van der Waals surface area contributed by atoms with Crippen LogP contribution < -0.4 is 10.1 Å². The van der Waals surface area contributed by atoms with Crippen LogP contribution in [0.2, 0.25) is 0 Å². The van der Waals surface area contributed by atoms with E-state index in [0.717, 1.165) is 37.1 Å². The maximum atomic E-state index is 12.5. The topological polar surface area (TPSA) is 47.6 Å². The van der Waals surface area contributed by atoms with Gasteiger partial charge in [-0.3, -0.25) is 5.32 Å². The summed E-state index contributed by atoms with van der Waals surface area (Å²) in [5.74, 6) is 0.591. The van der Waals surface area contributed by atoms with Crippen LogP contribution in [0.1, 0.15) is 37.8 Å². The van der Waals surface area contributed by atoms with Gasteiger partial charge in [0.05, 0.1) is 13.7 Å². The molecule has 1 N–H and O–H groups in total. The van der Waals surface area contributed by atoms with Crippen LogP contribution >= 0.6 is 0 Å². The van der Waals surface area contributed by atoms with E-state index in [4.69, 9.17) is 9.47 Å². The van der Waals surface area contributed by atoms with Crippen LogP contribution in [0, 0.1) is 0 Å². The first kappa shape index (κ1) is 14.9. The highest BCUT2D eigenvalue weighted by molar-refractivity contribution is 5.84. The van der Waals surface area contributed by atoms with Crippen molar-refractivity contribution in [2.24, 2.45) is 0 Å². The smallest absolute Gasteiger partial charge is 0.331 e. The number of rotatable bonds is 5. The third kappa shape index (κ3) is 2.52. The first-order valence-electron chi connectivity index (χ1n) is 7.27. The summed E-state index contributed by atoms with van der Waals surface area (Å²) >= 11 is 0. The normalized spacial score (nSPS) is 21.1. The molecular formula is C16H23NO3. The molecule has 2 rings (SSSR count). The number of esters is 1. The fourth-order valence-corrected chi connectivity index (χ4v) is 3.00. The monoisotopic (exact) mass is 277 g/mol. The molecule has 0 saturated heterocycles. The Balaban J connectivity index is 2.51. The lowest BCUT2D eigenvalue weighted by molar-refractivity contribution is -0.152. The highest BCUT2D eigenvalue weighted by Gasteiger charge is 2.44. The number of ether oxygens (including phenoxy) is 2. The van der Waals surface area contributed by atoms with Gasteiger partial charge in [-0.05, 0) is 56.0 Å². The molecule has 0 bridgehead atoms. The van der Waals surface area contributed by atoms with Crippen LogP contribution in [0.5, 0.6) is 5.75 Å². The number of benzene rings is 1. The van der Waals surface area contributed by atoms with Gasteiger partial charge < -0.3 is 9.47 Å².